The van der Waals surface area contributed by atoms with E-state index in [1.54, 1.807) is 6.07 Å². The van der Waals surface area contributed by atoms with Crippen LogP contribution in [-0.2, 0) is 6.54 Å². The van der Waals surface area contributed by atoms with Crippen LogP contribution in [0.2, 0.25) is 0 Å². The molecule has 2 N–H and O–H groups in total. The van der Waals surface area contributed by atoms with Gasteiger partial charge in [0.25, 0.3) is 0 Å². The molecule has 1 fully saturated rings. The molecule has 0 spiro atoms. The van der Waals surface area contributed by atoms with E-state index in [9.17, 15) is 5.11 Å². The average Bonchev–Trinajstić information content (AvgIpc) is 2.41. The number of phenols is 1. The summed E-state index contributed by atoms with van der Waals surface area (Å²) in [5, 5.41) is 13.3. The largest absolute Gasteiger partial charge is 0.504 e. The van der Waals surface area contributed by atoms with Crippen molar-refractivity contribution in [2.45, 2.75) is 52.1 Å². The van der Waals surface area contributed by atoms with E-state index in [2.05, 4.69) is 12.2 Å². The first-order valence-corrected chi connectivity index (χ1v) is 7.38. The number of hydrogen-bond acceptors (Lipinski definition) is 3. The van der Waals surface area contributed by atoms with E-state index in [4.69, 9.17) is 4.74 Å². The van der Waals surface area contributed by atoms with E-state index in [-0.39, 0.29) is 5.75 Å². The third kappa shape index (κ3) is 3.87. The number of benzene rings is 1. The standard InChI is InChI=1S/C16H25NO2/c1-3-19-16-10-13(8-9-15(16)18)11-17-14-7-5-4-6-12(14)2/h8-10,12,14,17-18H,3-7,11H2,1-2H3. The third-order valence-electron chi connectivity index (χ3n) is 4.00. The van der Waals surface area contributed by atoms with Gasteiger partial charge in [0.15, 0.2) is 11.5 Å². The maximum atomic E-state index is 9.68. The molecule has 0 radical (unpaired) electrons. The fourth-order valence-corrected chi connectivity index (χ4v) is 2.81. The van der Waals surface area contributed by atoms with E-state index in [1.807, 2.05) is 19.1 Å². The van der Waals surface area contributed by atoms with Crippen LogP contribution in [0.5, 0.6) is 11.5 Å². The van der Waals surface area contributed by atoms with Gasteiger partial charge >= 0.3 is 0 Å². The van der Waals surface area contributed by atoms with Gasteiger partial charge in [-0.25, -0.2) is 0 Å². The fraction of sp³-hybridized carbons (Fsp3) is 0.625. The van der Waals surface area contributed by atoms with Crippen molar-refractivity contribution in [3.63, 3.8) is 0 Å². The van der Waals surface area contributed by atoms with Gasteiger partial charge in [0.05, 0.1) is 6.61 Å². The SMILES string of the molecule is CCOc1cc(CNC2CCCCC2C)ccc1O. The van der Waals surface area contributed by atoms with Gasteiger partial charge in [0, 0.05) is 12.6 Å². The molecule has 0 aromatic heterocycles. The summed E-state index contributed by atoms with van der Waals surface area (Å²) in [7, 11) is 0. The molecule has 1 aromatic carbocycles. The zero-order valence-electron chi connectivity index (χ0n) is 12.0. The highest BCUT2D eigenvalue weighted by molar-refractivity contribution is 5.41. The third-order valence-corrected chi connectivity index (χ3v) is 4.00. The molecule has 3 nitrogen and oxygen atoms in total. The van der Waals surface area contributed by atoms with Crippen molar-refractivity contribution in [2.24, 2.45) is 5.92 Å². The molecule has 0 aliphatic heterocycles. The van der Waals surface area contributed by atoms with Gasteiger partial charge < -0.3 is 15.2 Å². The molecule has 0 saturated heterocycles. The summed E-state index contributed by atoms with van der Waals surface area (Å²) < 4.78 is 5.41. The highest BCUT2D eigenvalue weighted by Gasteiger charge is 2.20. The highest BCUT2D eigenvalue weighted by atomic mass is 16.5. The first-order chi connectivity index (χ1) is 9.20. The lowest BCUT2D eigenvalue weighted by atomic mass is 9.86. The maximum absolute atomic E-state index is 9.68. The molecule has 2 rings (SSSR count). The number of nitrogens with one attached hydrogen (secondary N) is 1. The van der Waals surface area contributed by atoms with Crippen LogP contribution in [0, 0.1) is 5.92 Å². The summed E-state index contributed by atoms with van der Waals surface area (Å²) in [5.74, 6) is 1.56. The molecular formula is C16H25NO2. The van der Waals surface area contributed by atoms with E-state index in [0.717, 1.165) is 12.5 Å². The number of phenolic OH excluding ortho intramolecular Hbond substituents is 1. The molecule has 1 aliphatic carbocycles. The minimum absolute atomic E-state index is 0.219. The van der Waals surface area contributed by atoms with Crippen LogP contribution >= 0.6 is 0 Å². The zero-order valence-corrected chi connectivity index (χ0v) is 12.0. The van der Waals surface area contributed by atoms with Crippen LogP contribution in [0.25, 0.3) is 0 Å². The van der Waals surface area contributed by atoms with Crippen molar-refractivity contribution in [1.29, 1.82) is 0 Å². The second-order valence-corrected chi connectivity index (χ2v) is 5.48. The summed E-state index contributed by atoms with van der Waals surface area (Å²) in [4.78, 5) is 0. The van der Waals surface area contributed by atoms with Crippen molar-refractivity contribution >= 4 is 0 Å². The van der Waals surface area contributed by atoms with Crippen LogP contribution in [-0.4, -0.2) is 17.8 Å². The van der Waals surface area contributed by atoms with Gasteiger partial charge in [-0.1, -0.05) is 25.8 Å². The number of aromatic hydroxyl groups is 1. The topological polar surface area (TPSA) is 41.5 Å². The molecule has 0 amide bonds. The van der Waals surface area contributed by atoms with E-state index in [0.29, 0.717) is 18.4 Å². The molecule has 3 heteroatoms. The van der Waals surface area contributed by atoms with Crippen LogP contribution in [0.15, 0.2) is 18.2 Å². The quantitative estimate of drug-likeness (QED) is 0.855. The van der Waals surface area contributed by atoms with Crippen molar-refractivity contribution in [2.75, 3.05) is 6.61 Å². The summed E-state index contributed by atoms with van der Waals surface area (Å²) >= 11 is 0. The van der Waals surface area contributed by atoms with E-state index >= 15 is 0 Å². The Morgan fingerprint density at radius 2 is 2.11 bits per heavy atom. The molecule has 1 aliphatic rings. The Labute approximate surface area is 116 Å². The second-order valence-electron chi connectivity index (χ2n) is 5.48. The predicted octanol–water partition coefficient (Wildman–Crippen LogP) is 3.46. The molecule has 1 saturated carbocycles. The Hall–Kier alpha value is -1.22. The normalized spacial score (nSPS) is 23.3. The lowest BCUT2D eigenvalue weighted by molar-refractivity contribution is 0.279. The summed E-state index contributed by atoms with van der Waals surface area (Å²) in [6, 6.07) is 6.22. The van der Waals surface area contributed by atoms with Gasteiger partial charge in [-0.15, -0.1) is 0 Å². The molecule has 2 atom stereocenters. The Bertz CT molecular complexity index is 406. The Morgan fingerprint density at radius 1 is 1.32 bits per heavy atom. The lowest BCUT2D eigenvalue weighted by Crippen LogP contribution is -2.36. The minimum Gasteiger partial charge on any atom is -0.504 e. The smallest absolute Gasteiger partial charge is 0.161 e. The Balaban J connectivity index is 1.93. The van der Waals surface area contributed by atoms with Gasteiger partial charge in [-0.05, 0) is 43.4 Å². The molecule has 0 bridgehead atoms. The molecule has 0 heterocycles. The summed E-state index contributed by atoms with van der Waals surface area (Å²) in [5.41, 5.74) is 1.17. The van der Waals surface area contributed by atoms with Crippen LogP contribution < -0.4 is 10.1 Å². The zero-order chi connectivity index (χ0) is 13.7. The van der Waals surface area contributed by atoms with Crippen molar-refractivity contribution < 1.29 is 9.84 Å². The van der Waals surface area contributed by atoms with E-state index < -0.39 is 0 Å². The fourth-order valence-electron chi connectivity index (χ4n) is 2.81. The maximum Gasteiger partial charge on any atom is 0.161 e. The number of hydrogen-bond donors (Lipinski definition) is 2. The number of ether oxygens (including phenoxy) is 1. The minimum atomic E-state index is 0.219. The molecule has 2 unspecified atom stereocenters. The molecular weight excluding hydrogens is 238 g/mol. The number of rotatable bonds is 5. The first kappa shape index (κ1) is 14.2. The second kappa shape index (κ2) is 6.80. The monoisotopic (exact) mass is 263 g/mol. The first-order valence-electron chi connectivity index (χ1n) is 7.38. The average molecular weight is 263 g/mol. The lowest BCUT2D eigenvalue weighted by Gasteiger charge is -2.29. The van der Waals surface area contributed by atoms with Gasteiger partial charge in [0.1, 0.15) is 0 Å². The van der Waals surface area contributed by atoms with E-state index in [1.165, 1.54) is 31.2 Å². The van der Waals surface area contributed by atoms with Crippen LogP contribution in [0.1, 0.15) is 45.1 Å². The van der Waals surface area contributed by atoms with Crippen molar-refractivity contribution in [3.8, 4) is 11.5 Å². The van der Waals surface area contributed by atoms with Gasteiger partial charge in [-0.2, -0.15) is 0 Å². The van der Waals surface area contributed by atoms with Crippen LogP contribution in [0.4, 0.5) is 0 Å². The highest BCUT2D eigenvalue weighted by Crippen LogP contribution is 2.28. The predicted molar refractivity (Wildman–Crippen MR) is 77.5 cm³/mol. The molecule has 19 heavy (non-hydrogen) atoms. The van der Waals surface area contributed by atoms with Crippen LogP contribution in [0.3, 0.4) is 0 Å². The summed E-state index contributed by atoms with van der Waals surface area (Å²) in [6.07, 6.45) is 5.31. The molecule has 1 aromatic rings. The van der Waals surface area contributed by atoms with Crippen molar-refractivity contribution in [1.82, 2.24) is 5.32 Å². The van der Waals surface area contributed by atoms with Crippen molar-refractivity contribution in [3.05, 3.63) is 23.8 Å². The molecule has 106 valence electrons. The summed E-state index contributed by atoms with van der Waals surface area (Å²) in [6.45, 7) is 5.67. The van der Waals surface area contributed by atoms with Gasteiger partial charge in [-0.3, -0.25) is 0 Å². The Morgan fingerprint density at radius 3 is 2.84 bits per heavy atom. The Kier molecular flexibility index (Phi) is 5.08. The van der Waals surface area contributed by atoms with Gasteiger partial charge in [0.2, 0.25) is 0 Å².